The van der Waals surface area contributed by atoms with Gasteiger partial charge in [0.25, 0.3) is 11.5 Å². The van der Waals surface area contributed by atoms with Gasteiger partial charge in [-0.1, -0.05) is 30.3 Å². The number of rotatable bonds is 7. The van der Waals surface area contributed by atoms with Crippen LogP contribution < -0.4 is 10.3 Å². The molecular weight excluding hydrogens is 498 g/mol. The second-order valence-corrected chi connectivity index (χ2v) is 9.40. The summed E-state index contributed by atoms with van der Waals surface area (Å²) in [6.45, 7) is 2.43. The van der Waals surface area contributed by atoms with Crippen molar-refractivity contribution in [3.05, 3.63) is 106 Å². The summed E-state index contributed by atoms with van der Waals surface area (Å²) in [5, 5.41) is 13.5. The van der Waals surface area contributed by atoms with Crippen LogP contribution in [0.5, 0.6) is 5.75 Å². The van der Waals surface area contributed by atoms with Crippen LogP contribution in [0.2, 0.25) is 0 Å². The van der Waals surface area contributed by atoms with E-state index in [0.717, 1.165) is 10.9 Å². The summed E-state index contributed by atoms with van der Waals surface area (Å²) in [6, 6.07) is 20.1. The molecule has 5 aromatic rings. The number of benzene rings is 2. The molecular formula is C28H27N7O4. The quantitative estimate of drug-likeness (QED) is 0.344. The summed E-state index contributed by atoms with van der Waals surface area (Å²) in [7, 11) is 1.61. The summed E-state index contributed by atoms with van der Waals surface area (Å²) in [6.07, 6.45) is 1.49. The SMILES string of the molecule is COc1ccc2[nH]c(=O)c([C@H](c3nnnn3Cc3ccccc3)N3CCN(C(=O)c4ccco4)CC3)cc2c1. The van der Waals surface area contributed by atoms with E-state index in [2.05, 4.69) is 25.4 Å². The Morgan fingerprint density at radius 1 is 1.05 bits per heavy atom. The number of H-pyrrole nitrogens is 1. The molecule has 198 valence electrons. The van der Waals surface area contributed by atoms with Gasteiger partial charge in [0.15, 0.2) is 11.6 Å². The smallest absolute Gasteiger partial charge is 0.289 e. The van der Waals surface area contributed by atoms with Crippen molar-refractivity contribution >= 4 is 16.8 Å². The van der Waals surface area contributed by atoms with Crippen molar-refractivity contribution in [2.24, 2.45) is 0 Å². The molecule has 0 aliphatic carbocycles. The lowest BCUT2D eigenvalue weighted by Crippen LogP contribution is -2.50. The summed E-state index contributed by atoms with van der Waals surface area (Å²) in [4.78, 5) is 33.3. The fourth-order valence-corrected chi connectivity index (χ4v) is 5.05. The zero-order valence-corrected chi connectivity index (χ0v) is 21.4. The topological polar surface area (TPSA) is 122 Å². The number of aromatic nitrogens is 5. The molecule has 6 rings (SSSR count). The predicted octanol–water partition coefficient (Wildman–Crippen LogP) is 2.71. The zero-order chi connectivity index (χ0) is 26.8. The molecule has 4 heterocycles. The second kappa shape index (κ2) is 10.5. The van der Waals surface area contributed by atoms with E-state index in [4.69, 9.17) is 9.15 Å². The normalized spacial score (nSPS) is 14.9. The predicted molar refractivity (Wildman–Crippen MR) is 143 cm³/mol. The van der Waals surface area contributed by atoms with E-state index < -0.39 is 6.04 Å². The number of hydrogen-bond acceptors (Lipinski definition) is 8. The molecule has 1 saturated heterocycles. The Kier molecular flexibility index (Phi) is 6.64. The number of aromatic amines is 1. The molecule has 1 N–H and O–H groups in total. The van der Waals surface area contributed by atoms with Crippen LogP contribution in [-0.4, -0.2) is 74.2 Å². The number of fused-ring (bicyclic) bond motifs is 1. The zero-order valence-electron chi connectivity index (χ0n) is 21.4. The molecule has 0 spiro atoms. The number of nitrogens with zero attached hydrogens (tertiary/aromatic N) is 6. The van der Waals surface area contributed by atoms with Gasteiger partial charge < -0.3 is 19.0 Å². The van der Waals surface area contributed by atoms with Crippen LogP contribution in [0.1, 0.15) is 33.5 Å². The van der Waals surface area contributed by atoms with Crippen molar-refractivity contribution in [1.29, 1.82) is 0 Å². The number of pyridine rings is 1. The Morgan fingerprint density at radius 2 is 1.87 bits per heavy atom. The third kappa shape index (κ3) is 4.91. The maximum Gasteiger partial charge on any atom is 0.289 e. The molecule has 3 aromatic heterocycles. The number of nitrogens with one attached hydrogen (secondary N) is 1. The van der Waals surface area contributed by atoms with Gasteiger partial charge in [0.1, 0.15) is 11.8 Å². The van der Waals surface area contributed by atoms with Crippen molar-refractivity contribution in [3.8, 4) is 5.75 Å². The summed E-state index contributed by atoms with van der Waals surface area (Å²) in [5.41, 5.74) is 2.04. The van der Waals surface area contributed by atoms with Gasteiger partial charge in [-0.25, -0.2) is 4.68 Å². The Hall–Kier alpha value is -4.77. The van der Waals surface area contributed by atoms with Gasteiger partial charge in [0.2, 0.25) is 0 Å². The van der Waals surface area contributed by atoms with Gasteiger partial charge in [-0.05, 0) is 52.4 Å². The Morgan fingerprint density at radius 3 is 2.62 bits per heavy atom. The van der Waals surface area contributed by atoms with Crippen LogP contribution in [0.4, 0.5) is 0 Å². The molecule has 39 heavy (non-hydrogen) atoms. The number of ether oxygens (including phenoxy) is 1. The second-order valence-electron chi connectivity index (χ2n) is 9.40. The highest BCUT2D eigenvalue weighted by Gasteiger charge is 2.34. The van der Waals surface area contributed by atoms with E-state index in [1.54, 1.807) is 28.8 Å². The average molecular weight is 526 g/mol. The van der Waals surface area contributed by atoms with Crippen LogP contribution in [0.15, 0.2) is 82.2 Å². The van der Waals surface area contributed by atoms with Crippen LogP contribution >= 0.6 is 0 Å². The Labute approximate surface area is 223 Å². The molecule has 1 atom stereocenters. The van der Waals surface area contributed by atoms with E-state index in [-0.39, 0.29) is 11.5 Å². The first kappa shape index (κ1) is 24.6. The van der Waals surface area contributed by atoms with Gasteiger partial charge in [-0.15, -0.1) is 5.10 Å². The average Bonchev–Trinajstić information content (AvgIpc) is 3.67. The van der Waals surface area contributed by atoms with Gasteiger partial charge in [-0.2, -0.15) is 0 Å². The van der Waals surface area contributed by atoms with Crippen molar-refractivity contribution in [2.75, 3.05) is 33.3 Å². The lowest BCUT2D eigenvalue weighted by Gasteiger charge is -2.38. The van der Waals surface area contributed by atoms with Crippen molar-refractivity contribution in [3.63, 3.8) is 0 Å². The molecule has 1 amide bonds. The van der Waals surface area contributed by atoms with Crippen LogP contribution in [-0.2, 0) is 6.54 Å². The third-order valence-corrected chi connectivity index (χ3v) is 7.05. The van der Waals surface area contributed by atoms with Crippen LogP contribution in [0.25, 0.3) is 10.9 Å². The largest absolute Gasteiger partial charge is 0.497 e. The minimum absolute atomic E-state index is 0.152. The number of carbonyl (C=O) groups excluding carboxylic acids is 1. The first-order chi connectivity index (χ1) is 19.1. The Bertz CT molecular complexity index is 1640. The monoisotopic (exact) mass is 525 g/mol. The molecule has 2 aromatic carbocycles. The van der Waals surface area contributed by atoms with Crippen LogP contribution in [0, 0.1) is 0 Å². The maximum atomic E-state index is 13.5. The standard InChI is InChI=1S/C28H27N7O4/c1-38-21-9-10-23-20(16-21)17-22(27(36)29-23)25(26-30-31-32-35(26)18-19-6-3-2-4-7-19)33-11-13-34(14-12-33)28(37)24-8-5-15-39-24/h2-10,15-17,25H,11-14,18H2,1H3,(H,29,36)/t25-/m1/s1. The summed E-state index contributed by atoms with van der Waals surface area (Å²) < 4.78 is 12.4. The molecule has 1 aliphatic rings. The number of hydrogen-bond donors (Lipinski definition) is 1. The number of tetrazole rings is 1. The fraction of sp³-hybridized carbons (Fsp3) is 0.250. The molecule has 0 bridgehead atoms. The molecule has 11 heteroatoms. The minimum atomic E-state index is -0.538. The molecule has 1 fully saturated rings. The molecule has 0 unspecified atom stereocenters. The van der Waals surface area contributed by atoms with Gasteiger partial charge in [-0.3, -0.25) is 14.5 Å². The highest BCUT2D eigenvalue weighted by Crippen LogP contribution is 2.29. The Balaban J connectivity index is 1.38. The van der Waals surface area contributed by atoms with E-state index in [1.807, 2.05) is 54.6 Å². The minimum Gasteiger partial charge on any atom is -0.497 e. The number of amides is 1. The molecule has 1 aliphatic heterocycles. The number of carbonyl (C=O) groups is 1. The molecule has 0 saturated carbocycles. The van der Waals surface area contributed by atoms with Crippen molar-refractivity contribution in [2.45, 2.75) is 12.6 Å². The van der Waals surface area contributed by atoms with Gasteiger partial charge in [0, 0.05) is 42.6 Å². The molecule has 11 nitrogen and oxygen atoms in total. The first-order valence-electron chi connectivity index (χ1n) is 12.7. The summed E-state index contributed by atoms with van der Waals surface area (Å²) >= 11 is 0. The lowest BCUT2D eigenvalue weighted by molar-refractivity contribution is 0.0558. The number of furan rings is 1. The third-order valence-electron chi connectivity index (χ3n) is 7.05. The summed E-state index contributed by atoms with van der Waals surface area (Å²) in [5.74, 6) is 1.40. The van der Waals surface area contributed by atoms with Crippen LogP contribution in [0.3, 0.4) is 0 Å². The maximum absolute atomic E-state index is 13.5. The highest BCUT2D eigenvalue weighted by molar-refractivity contribution is 5.91. The lowest BCUT2D eigenvalue weighted by atomic mass is 10.0. The highest BCUT2D eigenvalue weighted by atomic mass is 16.5. The van der Waals surface area contributed by atoms with E-state index in [1.165, 1.54) is 6.26 Å². The van der Waals surface area contributed by atoms with Crippen molar-refractivity contribution in [1.82, 2.24) is 35.0 Å². The number of piperazine rings is 1. The van der Waals surface area contributed by atoms with E-state index in [0.29, 0.717) is 61.1 Å². The van der Waals surface area contributed by atoms with E-state index >= 15 is 0 Å². The van der Waals surface area contributed by atoms with Gasteiger partial charge >= 0.3 is 0 Å². The van der Waals surface area contributed by atoms with Gasteiger partial charge in [0.05, 0.1) is 19.9 Å². The van der Waals surface area contributed by atoms with E-state index in [9.17, 15) is 9.59 Å². The number of methoxy groups -OCH3 is 1. The first-order valence-corrected chi connectivity index (χ1v) is 12.7. The van der Waals surface area contributed by atoms with Crippen molar-refractivity contribution < 1.29 is 13.9 Å². The fourth-order valence-electron chi connectivity index (χ4n) is 5.05. The molecule has 0 radical (unpaired) electrons.